The summed E-state index contributed by atoms with van der Waals surface area (Å²) in [5.41, 5.74) is -0.502. The Balaban J connectivity index is 5.00. The van der Waals surface area contributed by atoms with Crippen LogP contribution in [0.2, 0.25) is 0 Å². The third-order valence-corrected chi connectivity index (χ3v) is 5.31. The summed E-state index contributed by atoms with van der Waals surface area (Å²) in [4.78, 5) is 12.8. The van der Waals surface area contributed by atoms with Crippen LogP contribution in [0.15, 0.2) is 12.7 Å². The van der Waals surface area contributed by atoms with Crippen molar-refractivity contribution < 1.29 is 14.3 Å². The molecule has 1 unspecified atom stereocenters. The molecule has 22 heavy (non-hydrogen) atoms. The molecule has 0 rings (SSSR count). The monoisotopic (exact) mass is 312 g/mol. The molecule has 0 saturated heterocycles. The van der Waals surface area contributed by atoms with Crippen LogP contribution in [-0.2, 0) is 14.3 Å². The van der Waals surface area contributed by atoms with Gasteiger partial charge < -0.3 is 9.47 Å². The molecule has 0 spiro atoms. The second kappa shape index (κ2) is 8.71. The fourth-order valence-electron chi connectivity index (χ4n) is 2.58. The molecule has 0 aliphatic carbocycles. The Morgan fingerprint density at radius 3 is 2.09 bits per heavy atom. The Bertz CT molecular complexity index is 358. The van der Waals surface area contributed by atoms with Crippen molar-refractivity contribution in [2.24, 2.45) is 16.2 Å². The van der Waals surface area contributed by atoms with Crippen molar-refractivity contribution in [1.82, 2.24) is 0 Å². The van der Waals surface area contributed by atoms with Crippen LogP contribution in [0.3, 0.4) is 0 Å². The second-order valence-corrected chi connectivity index (χ2v) is 7.76. The van der Waals surface area contributed by atoms with Crippen LogP contribution < -0.4 is 0 Å². The zero-order valence-corrected chi connectivity index (χ0v) is 15.8. The van der Waals surface area contributed by atoms with Crippen LogP contribution in [0.25, 0.3) is 0 Å². The van der Waals surface area contributed by atoms with E-state index in [2.05, 4.69) is 55.0 Å². The molecule has 0 aliphatic heterocycles. The minimum atomic E-state index is -0.500. The molecular formula is C19H36O3. The Morgan fingerprint density at radius 2 is 1.64 bits per heavy atom. The SMILES string of the molecule is C=CCOCCOC(=O)C(C)(CC(C)(C)CC)C(C)(C)CC. The lowest BCUT2D eigenvalue weighted by molar-refractivity contribution is -0.167. The van der Waals surface area contributed by atoms with E-state index in [-0.39, 0.29) is 16.8 Å². The fourth-order valence-corrected chi connectivity index (χ4v) is 2.58. The summed E-state index contributed by atoms with van der Waals surface area (Å²) in [6.45, 7) is 19.9. The molecule has 0 amide bonds. The molecular weight excluding hydrogens is 276 g/mol. The molecule has 0 bridgehead atoms. The maximum Gasteiger partial charge on any atom is 0.312 e. The molecule has 0 radical (unpaired) electrons. The standard InChI is InChI=1S/C19H36O3/c1-9-12-21-13-14-22-16(20)19(8,18(6,7)11-3)15-17(4,5)10-2/h9H,1,10-15H2,2-8H3. The Kier molecular flexibility index (Phi) is 8.38. The molecule has 0 aromatic heterocycles. The van der Waals surface area contributed by atoms with Gasteiger partial charge in [-0.1, -0.05) is 54.0 Å². The van der Waals surface area contributed by atoms with Crippen LogP contribution in [0, 0.1) is 16.2 Å². The first-order valence-electron chi connectivity index (χ1n) is 8.42. The first-order chi connectivity index (χ1) is 10.1. The molecule has 0 fully saturated rings. The highest BCUT2D eigenvalue weighted by Crippen LogP contribution is 2.50. The van der Waals surface area contributed by atoms with Crippen molar-refractivity contribution in [2.75, 3.05) is 19.8 Å². The summed E-state index contributed by atoms with van der Waals surface area (Å²) in [5.74, 6) is -0.108. The minimum Gasteiger partial charge on any atom is -0.463 e. The Hall–Kier alpha value is -0.830. The van der Waals surface area contributed by atoms with Gasteiger partial charge in [0.15, 0.2) is 0 Å². The Morgan fingerprint density at radius 1 is 1.05 bits per heavy atom. The number of carbonyl (C=O) groups excluding carboxylic acids is 1. The van der Waals surface area contributed by atoms with Crippen molar-refractivity contribution in [3.05, 3.63) is 12.7 Å². The highest BCUT2D eigenvalue weighted by molar-refractivity contribution is 5.77. The van der Waals surface area contributed by atoms with E-state index in [1.165, 1.54) is 0 Å². The van der Waals surface area contributed by atoms with Crippen molar-refractivity contribution >= 4 is 5.97 Å². The highest BCUT2D eigenvalue weighted by Gasteiger charge is 2.49. The summed E-state index contributed by atoms with van der Waals surface area (Å²) < 4.78 is 10.8. The van der Waals surface area contributed by atoms with Crippen molar-refractivity contribution in [2.45, 2.75) is 67.7 Å². The van der Waals surface area contributed by atoms with Crippen molar-refractivity contribution in [3.8, 4) is 0 Å². The normalized spacial score (nSPS) is 15.2. The van der Waals surface area contributed by atoms with E-state index >= 15 is 0 Å². The van der Waals surface area contributed by atoms with Crippen LogP contribution in [0.4, 0.5) is 0 Å². The maximum atomic E-state index is 12.8. The van der Waals surface area contributed by atoms with Crippen LogP contribution in [0.1, 0.15) is 67.7 Å². The molecule has 0 N–H and O–H groups in total. The zero-order chi connectivity index (χ0) is 17.4. The number of esters is 1. The predicted octanol–water partition coefficient (Wildman–Crippen LogP) is 5.00. The van der Waals surface area contributed by atoms with Gasteiger partial charge in [-0.05, 0) is 30.6 Å². The lowest BCUT2D eigenvalue weighted by Crippen LogP contribution is -2.46. The smallest absolute Gasteiger partial charge is 0.312 e. The molecule has 0 aliphatic rings. The topological polar surface area (TPSA) is 35.5 Å². The van der Waals surface area contributed by atoms with Gasteiger partial charge in [-0.3, -0.25) is 4.79 Å². The Labute approximate surface area is 137 Å². The van der Waals surface area contributed by atoms with Crippen LogP contribution in [0.5, 0.6) is 0 Å². The molecule has 0 heterocycles. The lowest BCUT2D eigenvalue weighted by Gasteiger charge is -2.45. The van der Waals surface area contributed by atoms with E-state index in [0.717, 1.165) is 19.3 Å². The van der Waals surface area contributed by atoms with Gasteiger partial charge in [-0.2, -0.15) is 0 Å². The van der Waals surface area contributed by atoms with Gasteiger partial charge in [0.2, 0.25) is 0 Å². The van der Waals surface area contributed by atoms with E-state index in [0.29, 0.717) is 19.8 Å². The number of hydrogen-bond donors (Lipinski definition) is 0. The quantitative estimate of drug-likeness (QED) is 0.306. The summed E-state index contributed by atoms with van der Waals surface area (Å²) >= 11 is 0. The molecule has 0 aromatic carbocycles. The second-order valence-electron chi connectivity index (χ2n) is 7.76. The van der Waals surface area contributed by atoms with Gasteiger partial charge in [0, 0.05) is 0 Å². The van der Waals surface area contributed by atoms with Crippen molar-refractivity contribution in [1.29, 1.82) is 0 Å². The van der Waals surface area contributed by atoms with Gasteiger partial charge in [0.1, 0.15) is 6.61 Å². The maximum absolute atomic E-state index is 12.8. The van der Waals surface area contributed by atoms with Crippen LogP contribution in [-0.4, -0.2) is 25.8 Å². The third kappa shape index (κ3) is 5.75. The zero-order valence-electron chi connectivity index (χ0n) is 15.8. The summed E-state index contributed by atoms with van der Waals surface area (Å²) in [7, 11) is 0. The molecule has 0 aromatic rings. The van der Waals surface area contributed by atoms with Gasteiger partial charge in [-0.15, -0.1) is 6.58 Å². The molecule has 3 heteroatoms. The average Bonchev–Trinajstić information content (AvgIpc) is 2.46. The van der Waals surface area contributed by atoms with E-state index in [1.807, 2.05) is 0 Å². The summed E-state index contributed by atoms with van der Waals surface area (Å²) in [6.07, 6.45) is 4.49. The molecule has 1 atom stereocenters. The molecule has 130 valence electrons. The van der Waals surface area contributed by atoms with E-state index in [9.17, 15) is 4.79 Å². The van der Waals surface area contributed by atoms with Crippen LogP contribution >= 0.6 is 0 Å². The molecule has 0 saturated carbocycles. The number of hydrogen-bond acceptors (Lipinski definition) is 3. The third-order valence-electron chi connectivity index (χ3n) is 5.31. The summed E-state index contributed by atoms with van der Waals surface area (Å²) in [6, 6.07) is 0. The largest absolute Gasteiger partial charge is 0.463 e. The number of carbonyl (C=O) groups is 1. The predicted molar refractivity (Wildman–Crippen MR) is 92.8 cm³/mol. The van der Waals surface area contributed by atoms with E-state index in [1.54, 1.807) is 6.08 Å². The van der Waals surface area contributed by atoms with Gasteiger partial charge in [-0.25, -0.2) is 0 Å². The van der Waals surface area contributed by atoms with Gasteiger partial charge in [0.05, 0.1) is 18.6 Å². The number of ether oxygens (including phenoxy) is 2. The van der Waals surface area contributed by atoms with Gasteiger partial charge in [0.25, 0.3) is 0 Å². The minimum absolute atomic E-state index is 0.108. The van der Waals surface area contributed by atoms with Gasteiger partial charge >= 0.3 is 5.97 Å². The van der Waals surface area contributed by atoms with Crippen molar-refractivity contribution in [3.63, 3.8) is 0 Å². The average molecular weight is 312 g/mol. The fraction of sp³-hybridized carbons (Fsp3) is 0.842. The van der Waals surface area contributed by atoms with E-state index < -0.39 is 5.41 Å². The lowest BCUT2D eigenvalue weighted by atomic mass is 9.58. The summed E-state index contributed by atoms with van der Waals surface area (Å²) in [5, 5.41) is 0. The first-order valence-corrected chi connectivity index (χ1v) is 8.42. The number of rotatable bonds is 11. The first kappa shape index (κ1) is 21.2. The highest BCUT2D eigenvalue weighted by atomic mass is 16.6. The van der Waals surface area contributed by atoms with E-state index in [4.69, 9.17) is 9.47 Å². The molecule has 3 nitrogen and oxygen atoms in total.